The van der Waals surface area contributed by atoms with Crippen molar-refractivity contribution < 1.29 is 14.3 Å². The Bertz CT molecular complexity index is 1340. The summed E-state index contributed by atoms with van der Waals surface area (Å²) >= 11 is 2.90. The van der Waals surface area contributed by atoms with Gasteiger partial charge in [0.2, 0.25) is 0 Å². The number of pyridine rings is 1. The first-order chi connectivity index (χ1) is 14.3. The highest BCUT2D eigenvalue weighted by Gasteiger charge is 2.39. The Morgan fingerprint density at radius 1 is 1.27 bits per heavy atom. The Hall–Kier alpha value is -3.04. The molecule has 0 atom stereocenters. The number of hydrogen-bond donors (Lipinski definition) is 2. The Morgan fingerprint density at radius 3 is 2.87 bits per heavy atom. The van der Waals surface area contributed by atoms with Crippen LogP contribution in [0.2, 0.25) is 0 Å². The lowest BCUT2D eigenvalue weighted by Crippen LogP contribution is -2.43. The van der Waals surface area contributed by atoms with E-state index in [4.69, 9.17) is 0 Å². The van der Waals surface area contributed by atoms with E-state index in [-0.39, 0.29) is 5.82 Å². The number of aromatic nitrogens is 2. The summed E-state index contributed by atoms with van der Waals surface area (Å²) in [4.78, 5) is 23.5. The fourth-order valence-corrected chi connectivity index (χ4v) is 5.73. The van der Waals surface area contributed by atoms with Gasteiger partial charge < -0.3 is 10.4 Å². The molecule has 2 N–H and O–H groups in total. The zero-order valence-electron chi connectivity index (χ0n) is 16.1. The largest absolute Gasteiger partial charge is 0.465 e. The smallest absolute Gasteiger partial charge is 0.408 e. The lowest BCUT2D eigenvalue weighted by atomic mass is 9.94. The molecule has 152 valence electrons. The van der Waals surface area contributed by atoms with E-state index >= 15 is 0 Å². The number of benzene rings is 1. The summed E-state index contributed by atoms with van der Waals surface area (Å²) in [5.74, 6) is -0.344. The molecule has 1 aromatic carbocycles. The van der Waals surface area contributed by atoms with Crippen molar-refractivity contribution in [1.29, 1.82) is 0 Å². The zero-order valence-corrected chi connectivity index (χ0v) is 17.8. The Kier molecular flexibility index (Phi) is 4.26. The van der Waals surface area contributed by atoms with Crippen molar-refractivity contribution in [1.82, 2.24) is 14.9 Å². The third-order valence-corrected chi connectivity index (χ3v) is 7.30. The first-order valence-corrected chi connectivity index (χ1v) is 10.9. The van der Waals surface area contributed by atoms with Gasteiger partial charge in [0.1, 0.15) is 10.6 Å². The number of hydrogen-bond acceptors (Lipinski definition) is 6. The number of halogens is 1. The van der Waals surface area contributed by atoms with Crippen molar-refractivity contribution >= 4 is 66.1 Å². The maximum absolute atomic E-state index is 14.6. The standard InChI is InChI=1S/C21H17FN4O2S2/c1-21(2)12(4-6-26(21)20(27)28)17-7-11-14(3-5-23-19(11)30-17)25-15-9-16-18(8-13(15)22)29-10-24-16/h3-5,7-10H,6H2,1-2H3,(H,23,25)(H,27,28). The number of nitrogens with one attached hydrogen (secondary N) is 1. The third-order valence-electron chi connectivity index (χ3n) is 5.43. The maximum Gasteiger partial charge on any atom is 0.408 e. The first-order valence-electron chi connectivity index (χ1n) is 9.24. The maximum atomic E-state index is 14.6. The third kappa shape index (κ3) is 2.93. The molecule has 5 rings (SSSR count). The van der Waals surface area contributed by atoms with Crippen LogP contribution in [0.5, 0.6) is 0 Å². The Morgan fingerprint density at radius 2 is 2.10 bits per heavy atom. The minimum Gasteiger partial charge on any atom is -0.465 e. The van der Waals surface area contributed by atoms with Crippen LogP contribution in [-0.4, -0.2) is 38.2 Å². The van der Waals surface area contributed by atoms with Gasteiger partial charge in [-0.3, -0.25) is 4.90 Å². The van der Waals surface area contributed by atoms with Crippen LogP contribution in [0.1, 0.15) is 18.7 Å². The van der Waals surface area contributed by atoms with Crippen molar-refractivity contribution in [3.63, 3.8) is 0 Å². The van der Waals surface area contributed by atoms with Gasteiger partial charge in [-0.2, -0.15) is 0 Å². The molecule has 4 aromatic rings. The minimum atomic E-state index is -0.944. The highest BCUT2D eigenvalue weighted by atomic mass is 32.1. The quantitative estimate of drug-likeness (QED) is 0.412. The number of carbonyl (C=O) groups is 1. The molecule has 0 saturated carbocycles. The van der Waals surface area contributed by atoms with Crippen LogP contribution in [0.15, 0.2) is 42.0 Å². The number of anilines is 2. The minimum absolute atomic E-state index is 0.344. The van der Waals surface area contributed by atoms with Crippen molar-refractivity contribution in [3.8, 4) is 0 Å². The van der Waals surface area contributed by atoms with E-state index in [2.05, 4.69) is 15.3 Å². The van der Waals surface area contributed by atoms with Crippen molar-refractivity contribution in [3.05, 3.63) is 52.7 Å². The van der Waals surface area contributed by atoms with Gasteiger partial charge in [-0.15, -0.1) is 22.7 Å². The van der Waals surface area contributed by atoms with Crippen LogP contribution in [0, 0.1) is 5.82 Å². The zero-order chi connectivity index (χ0) is 21.0. The SMILES string of the molecule is CC1(C)C(c2cc3c(Nc4cc5ncsc5cc4F)ccnc3s2)=CCN1C(=O)O. The van der Waals surface area contributed by atoms with Gasteiger partial charge in [-0.25, -0.2) is 19.2 Å². The number of thiophene rings is 1. The average Bonchev–Trinajstić information content (AvgIpc) is 3.38. The highest BCUT2D eigenvalue weighted by Crippen LogP contribution is 2.43. The molecule has 30 heavy (non-hydrogen) atoms. The molecule has 1 aliphatic rings. The van der Waals surface area contributed by atoms with Crippen LogP contribution >= 0.6 is 22.7 Å². The van der Waals surface area contributed by atoms with Gasteiger partial charge in [-0.05, 0) is 43.7 Å². The first kappa shape index (κ1) is 19.0. The number of rotatable bonds is 3. The number of carboxylic acid groups (broad SMARTS) is 1. The van der Waals surface area contributed by atoms with Gasteiger partial charge in [0.25, 0.3) is 0 Å². The topological polar surface area (TPSA) is 78.4 Å². The van der Waals surface area contributed by atoms with Crippen LogP contribution in [0.3, 0.4) is 0 Å². The van der Waals surface area contributed by atoms with Gasteiger partial charge >= 0.3 is 6.09 Å². The van der Waals surface area contributed by atoms with E-state index in [1.807, 2.05) is 26.0 Å². The summed E-state index contributed by atoms with van der Waals surface area (Å²) in [6, 6.07) is 6.99. The van der Waals surface area contributed by atoms with Gasteiger partial charge in [0.05, 0.1) is 32.6 Å². The summed E-state index contributed by atoms with van der Waals surface area (Å²) in [6.07, 6.45) is 2.68. The van der Waals surface area contributed by atoms with E-state index in [0.29, 0.717) is 12.2 Å². The molecule has 1 aliphatic heterocycles. The van der Waals surface area contributed by atoms with E-state index in [9.17, 15) is 14.3 Å². The molecule has 0 spiro atoms. The second-order valence-corrected chi connectivity index (χ2v) is 9.45. The van der Waals surface area contributed by atoms with Crippen molar-refractivity contribution in [2.45, 2.75) is 19.4 Å². The normalized spacial score (nSPS) is 15.7. The molecule has 4 heterocycles. The average molecular weight is 441 g/mol. The monoisotopic (exact) mass is 440 g/mol. The molecule has 3 aromatic heterocycles. The Balaban J connectivity index is 1.54. The van der Waals surface area contributed by atoms with E-state index in [1.165, 1.54) is 33.6 Å². The summed E-state index contributed by atoms with van der Waals surface area (Å²) in [7, 11) is 0. The second-order valence-electron chi connectivity index (χ2n) is 7.54. The number of fused-ring (bicyclic) bond motifs is 2. The molecule has 0 aliphatic carbocycles. The number of thiazole rings is 1. The van der Waals surface area contributed by atoms with E-state index in [0.717, 1.165) is 36.6 Å². The Labute approximate surface area is 179 Å². The fourth-order valence-electron chi connectivity index (χ4n) is 3.83. The molecule has 9 heteroatoms. The lowest BCUT2D eigenvalue weighted by molar-refractivity contribution is 0.127. The number of amides is 1. The summed E-state index contributed by atoms with van der Waals surface area (Å²) in [5.41, 5.74) is 3.85. The molecule has 0 fully saturated rings. The predicted octanol–water partition coefficient (Wildman–Crippen LogP) is 5.94. The molecular weight excluding hydrogens is 423 g/mol. The highest BCUT2D eigenvalue weighted by molar-refractivity contribution is 7.19. The summed E-state index contributed by atoms with van der Waals surface area (Å²) < 4.78 is 15.4. The van der Waals surface area contributed by atoms with Gasteiger partial charge in [-0.1, -0.05) is 6.08 Å². The molecule has 0 saturated heterocycles. The summed E-state index contributed by atoms with van der Waals surface area (Å²) in [6.45, 7) is 4.15. The molecule has 1 amide bonds. The molecule has 0 bridgehead atoms. The molecule has 0 radical (unpaired) electrons. The summed E-state index contributed by atoms with van der Waals surface area (Å²) in [5, 5.41) is 13.5. The van der Waals surface area contributed by atoms with E-state index < -0.39 is 11.6 Å². The van der Waals surface area contributed by atoms with Crippen LogP contribution < -0.4 is 5.32 Å². The molecular formula is C21H17FN4O2S2. The second kappa shape index (κ2) is 6.75. The number of nitrogens with zero attached hydrogens (tertiary/aromatic N) is 3. The van der Waals surface area contributed by atoms with E-state index in [1.54, 1.807) is 23.8 Å². The lowest BCUT2D eigenvalue weighted by Gasteiger charge is -2.32. The van der Waals surface area contributed by atoms with Crippen molar-refractivity contribution in [2.75, 3.05) is 11.9 Å². The fraction of sp³-hybridized carbons (Fsp3) is 0.190. The van der Waals surface area contributed by atoms with Gasteiger partial charge in [0, 0.05) is 23.0 Å². The molecule has 6 nitrogen and oxygen atoms in total. The van der Waals surface area contributed by atoms with Crippen molar-refractivity contribution in [2.24, 2.45) is 0 Å². The predicted molar refractivity (Wildman–Crippen MR) is 119 cm³/mol. The van der Waals surface area contributed by atoms with Crippen LogP contribution in [0.25, 0.3) is 26.0 Å². The van der Waals surface area contributed by atoms with Crippen LogP contribution in [-0.2, 0) is 0 Å². The van der Waals surface area contributed by atoms with Gasteiger partial charge in [0.15, 0.2) is 0 Å². The van der Waals surface area contributed by atoms with Crippen LogP contribution in [0.4, 0.5) is 20.6 Å². The molecule has 0 unspecified atom stereocenters.